The van der Waals surface area contributed by atoms with E-state index in [0.29, 0.717) is 0 Å². The van der Waals surface area contributed by atoms with E-state index >= 15 is 0 Å². The second-order valence-corrected chi connectivity index (χ2v) is 27.9. The summed E-state index contributed by atoms with van der Waals surface area (Å²) in [6.45, 7) is 9.27. The minimum absolute atomic E-state index is 0. The average Bonchev–Trinajstić information content (AvgIpc) is 1.59. The third-order valence-electron chi connectivity index (χ3n) is 15.7. The Kier molecular flexibility index (Phi) is 37.8. The van der Waals surface area contributed by atoms with E-state index in [1.165, 1.54) is 81.7 Å². The van der Waals surface area contributed by atoms with Crippen LogP contribution in [0.2, 0.25) is 0 Å². The molecule has 5 radical (unpaired) electrons. The van der Waals surface area contributed by atoms with Gasteiger partial charge in [-0.1, -0.05) is 220 Å². The zero-order chi connectivity index (χ0) is 58.3. The van der Waals surface area contributed by atoms with Gasteiger partial charge in [0.05, 0.1) is 0 Å². The Labute approximate surface area is 646 Å². The van der Waals surface area contributed by atoms with Crippen LogP contribution in [0.1, 0.15) is 72.2 Å². The van der Waals surface area contributed by atoms with Gasteiger partial charge in [0.15, 0.2) is 0 Å². The van der Waals surface area contributed by atoms with Crippen molar-refractivity contribution >= 4 is 80.1 Å². The van der Waals surface area contributed by atoms with Crippen molar-refractivity contribution in [3.8, 4) is 77.0 Å². The summed E-state index contributed by atoms with van der Waals surface area (Å²) in [5.41, 5.74) is 19.3. The normalized spacial score (nSPS) is 11.1. The topological polar surface area (TPSA) is 51.6 Å². The number of rotatable bonds is 5. The van der Waals surface area contributed by atoms with Crippen molar-refractivity contribution < 1.29 is 115 Å². The molecule has 14 aromatic rings. The van der Waals surface area contributed by atoms with E-state index in [0.717, 1.165) is 57.2 Å². The molecule has 507 valence electrons. The van der Waals surface area contributed by atoms with Gasteiger partial charge in [0.1, 0.15) is 0 Å². The summed E-state index contributed by atoms with van der Waals surface area (Å²) in [4.78, 5) is 20.3. The number of benzene rings is 8. The number of nitrogens with zero attached hydrogens (tertiary/aromatic N) is 4. The van der Waals surface area contributed by atoms with Crippen LogP contribution in [-0.2, 0) is 111 Å². The first-order valence-electron chi connectivity index (χ1n) is 28.1. The number of pyridine rings is 4. The van der Waals surface area contributed by atoms with Gasteiger partial charge in [-0.25, -0.2) is 22.7 Å². The molecule has 6 heterocycles. The predicted molar refractivity (Wildman–Crippen MR) is 398 cm³/mol. The molecule has 2 aliphatic carbocycles. The van der Waals surface area contributed by atoms with Crippen LogP contribution in [0.5, 0.6) is 0 Å². The molecule has 2 aliphatic rings. The maximum Gasteiger partial charge on any atom is 0.0239 e. The Morgan fingerprint density at radius 2 is 0.958 bits per heavy atom. The molecule has 0 spiro atoms. The van der Waals surface area contributed by atoms with Crippen LogP contribution in [-0.4, -0.2) is 19.9 Å². The number of thiophene rings is 2. The summed E-state index contributed by atoms with van der Waals surface area (Å²) < 4.78 is 1.26. The van der Waals surface area contributed by atoms with Crippen molar-refractivity contribution in [3.05, 3.63) is 301 Å². The van der Waals surface area contributed by atoms with Gasteiger partial charge in [0, 0.05) is 136 Å². The molecular weight excluding hydrogens is 2180 g/mol. The van der Waals surface area contributed by atoms with Crippen molar-refractivity contribution in [2.24, 2.45) is 0 Å². The number of fused-ring (bicyclic) bond motifs is 9. The maximum atomic E-state index is 4.89. The van der Waals surface area contributed by atoms with Crippen molar-refractivity contribution in [2.75, 3.05) is 0 Å². The number of aromatic nitrogens is 4. The molecule has 96 heavy (non-hydrogen) atoms. The Morgan fingerprint density at radius 1 is 0.417 bits per heavy atom. The van der Waals surface area contributed by atoms with Gasteiger partial charge in [0.25, 0.3) is 0 Å². The van der Waals surface area contributed by atoms with Gasteiger partial charge in [-0.2, -0.15) is 12.1 Å². The molecule has 8 aromatic carbocycles. The Bertz CT molecular complexity index is 4480. The first-order valence-corrected chi connectivity index (χ1v) is 34.4. The van der Waals surface area contributed by atoms with Crippen LogP contribution in [0.4, 0.5) is 14.1 Å². The van der Waals surface area contributed by atoms with E-state index in [4.69, 9.17) is 4.98 Å². The van der Waals surface area contributed by atoms with Gasteiger partial charge in [-0.15, -0.1) is 112 Å². The van der Waals surface area contributed by atoms with Gasteiger partial charge in [0.2, 0.25) is 0 Å². The molecule has 0 aliphatic heterocycles. The third kappa shape index (κ3) is 19.2. The zero-order valence-electron chi connectivity index (χ0n) is 50.4. The summed E-state index contributed by atoms with van der Waals surface area (Å²) in [6, 6.07) is 91.2. The monoisotopic (exact) mass is 2260 g/mol. The molecule has 0 saturated heterocycles. The van der Waals surface area contributed by atoms with Crippen LogP contribution in [0.3, 0.4) is 0 Å². The van der Waals surface area contributed by atoms with Gasteiger partial charge >= 0.3 is 0 Å². The molecule has 17 heteroatoms. The second-order valence-electron chi connectivity index (χ2n) is 21.6. The molecule has 0 amide bonds. The molecular formula is C79H74F3Ir5N4P3S2-4. The maximum absolute atomic E-state index is 4.89. The van der Waals surface area contributed by atoms with E-state index in [1.54, 1.807) is 22.7 Å². The van der Waals surface area contributed by atoms with Crippen molar-refractivity contribution in [2.45, 2.75) is 60.8 Å². The Balaban J connectivity index is 0.000000656. The molecule has 6 aromatic heterocycles. The van der Waals surface area contributed by atoms with E-state index in [-0.39, 0.29) is 148 Å². The fraction of sp³-hybridized carbons (Fsp3) is 0.114. The molecule has 0 bridgehead atoms. The summed E-state index contributed by atoms with van der Waals surface area (Å²) in [7, 11) is 6.06. The second kappa shape index (κ2) is 40.8. The summed E-state index contributed by atoms with van der Waals surface area (Å²) >= 11 is 3.41. The third-order valence-corrected chi connectivity index (χ3v) is 17.6. The quantitative estimate of drug-likeness (QED) is 0.127. The fourth-order valence-electron chi connectivity index (χ4n) is 11.5. The van der Waals surface area contributed by atoms with Gasteiger partial charge < -0.3 is 19.9 Å². The Hall–Kier alpha value is -5.13. The minimum atomic E-state index is -0.0233. The Morgan fingerprint density at radius 3 is 1.54 bits per heavy atom. The molecule has 2 unspecified atom stereocenters. The first-order chi connectivity index (χ1) is 41.6. The van der Waals surface area contributed by atoms with Crippen LogP contribution < -0.4 is 0 Å². The number of hydrogen-bond acceptors (Lipinski definition) is 6. The SMILES string of the molecule is C.C.C.CC1(C)c2ccccc2-c2c[c-]c(-c3ccc(-c4ccc5c(c4)C(C)(C)c4ccccc4-5)cn3)cc21.F.F.F.PPP.[Ir].[Ir].[Ir].[Ir].[Ir].[c-]1c(-c2ccccn2)sc2ccccc12.[c-]1ccccc1-c1nccc2ccccc12.[c-]1ccsc1-c1nccc2ccccc12. The van der Waals surface area contributed by atoms with E-state index in [9.17, 15) is 0 Å². The smallest absolute Gasteiger partial charge is 0.0239 e. The standard InChI is InChI=1S/C35H28N.C15H10N.2C13H8NS.3CH4.3FH.5Ir.H5P3/c1-34(2)29-11-7-5-9-25(29)27-16-13-22(19-31(27)34)24-15-18-33(36-21-24)23-14-17-28-26-10-6-8-12-30(26)35(3,4)32(28)20-23;1-2-7-13(8-3-1)15-14-9-5-4-6-12(14)10-11-16-15;1-2-7-12-10(5-1)9-13(15-12)11-6-3-4-8-14-11;1-2-5-11-10(4-1)7-8-14-13(11)12-6-3-9-15-12;;;;;;;;;;;;1-3-2/h5-13,15-21H,1-4H3;1-7,9-11H;1-8H;1-5,7-9H;3*1H4;3*1H;;;;;;3H,1-2H2/q4*-1;;;;;;;;;;;;. The van der Waals surface area contributed by atoms with Gasteiger partial charge in [-0.05, 0) is 117 Å². The summed E-state index contributed by atoms with van der Waals surface area (Å²) in [6.07, 6.45) is 7.52. The fourth-order valence-corrected chi connectivity index (χ4v) is 13.1. The van der Waals surface area contributed by atoms with Crippen LogP contribution >= 0.6 is 48.5 Å². The van der Waals surface area contributed by atoms with Crippen molar-refractivity contribution in [1.82, 2.24) is 19.9 Å². The zero-order valence-corrected chi connectivity index (χ0v) is 67.3. The molecule has 0 saturated carbocycles. The van der Waals surface area contributed by atoms with E-state index in [1.807, 2.05) is 121 Å². The predicted octanol–water partition coefficient (Wildman–Crippen LogP) is 23.7. The van der Waals surface area contributed by atoms with Crippen molar-refractivity contribution in [1.29, 1.82) is 0 Å². The molecule has 0 N–H and O–H groups in total. The number of halogens is 3. The summed E-state index contributed by atoms with van der Waals surface area (Å²) in [5.74, 6) is 0. The van der Waals surface area contributed by atoms with Crippen LogP contribution in [0, 0.1) is 24.3 Å². The van der Waals surface area contributed by atoms with Gasteiger partial charge in [-0.3, -0.25) is 14.1 Å². The largest absolute Gasteiger partial charge is 0.318 e. The minimum Gasteiger partial charge on any atom is -0.318 e. The molecule has 16 rings (SSSR count). The first kappa shape index (κ1) is 88.9. The van der Waals surface area contributed by atoms with Crippen molar-refractivity contribution in [3.63, 3.8) is 0 Å². The molecule has 4 nitrogen and oxygen atoms in total. The molecule has 2 atom stereocenters. The average molecular weight is 2250 g/mol. The summed E-state index contributed by atoms with van der Waals surface area (Å²) in [5, 5.41) is 8.00. The van der Waals surface area contributed by atoms with Crippen LogP contribution in [0.15, 0.2) is 255 Å². The van der Waals surface area contributed by atoms with E-state index in [2.05, 4.69) is 218 Å². The van der Waals surface area contributed by atoms with E-state index < -0.39 is 0 Å². The number of hydrogen-bond donors (Lipinski definition) is 0. The van der Waals surface area contributed by atoms with Crippen LogP contribution in [0.25, 0.3) is 109 Å². The molecule has 0 fully saturated rings.